The third-order valence-electron chi connectivity index (χ3n) is 4.32. The molecule has 18 heavy (non-hydrogen) atoms. The summed E-state index contributed by atoms with van der Waals surface area (Å²) in [7, 11) is 0. The van der Waals surface area contributed by atoms with E-state index < -0.39 is 0 Å². The molecule has 1 fully saturated rings. The molecule has 1 aromatic carbocycles. The van der Waals surface area contributed by atoms with Gasteiger partial charge in [0.05, 0.1) is 13.2 Å². The molecule has 0 atom stereocenters. The van der Waals surface area contributed by atoms with Crippen LogP contribution in [0.3, 0.4) is 0 Å². The van der Waals surface area contributed by atoms with E-state index >= 15 is 0 Å². The third kappa shape index (κ3) is 1.53. The number of hydrogen-bond donors (Lipinski definition) is 1. The highest BCUT2D eigenvalue weighted by Gasteiger charge is 2.30. The van der Waals surface area contributed by atoms with Gasteiger partial charge in [-0.25, -0.2) is 0 Å². The zero-order valence-electron chi connectivity index (χ0n) is 10.8. The molecule has 4 rings (SSSR count). The summed E-state index contributed by atoms with van der Waals surface area (Å²) in [6, 6.07) is 0.737. The summed E-state index contributed by atoms with van der Waals surface area (Å²) in [5.74, 6) is 2.30. The summed E-state index contributed by atoms with van der Waals surface area (Å²) in [5, 5.41) is 3.62. The molecule has 1 aromatic rings. The Kier molecular flexibility index (Phi) is 2.31. The fourth-order valence-corrected chi connectivity index (χ4v) is 3.16. The predicted molar refractivity (Wildman–Crippen MR) is 69.4 cm³/mol. The molecule has 2 aliphatic heterocycles. The molecule has 0 amide bonds. The first-order valence-corrected chi connectivity index (χ1v) is 7.00. The van der Waals surface area contributed by atoms with E-state index in [0.29, 0.717) is 0 Å². The molecule has 1 N–H and O–H groups in total. The highest BCUT2D eigenvalue weighted by Crippen LogP contribution is 2.44. The second kappa shape index (κ2) is 3.89. The Bertz CT molecular complexity index is 471. The smallest absolute Gasteiger partial charge is 0.127 e. The number of fused-ring (bicyclic) bond motifs is 2. The Morgan fingerprint density at radius 1 is 1.06 bits per heavy atom. The zero-order valence-corrected chi connectivity index (χ0v) is 10.8. The minimum Gasteiger partial charge on any atom is -0.493 e. The molecular formula is C15H19NO2. The van der Waals surface area contributed by atoms with Crippen molar-refractivity contribution in [3.8, 4) is 11.5 Å². The third-order valence-corrected chi connectivity index (χ3v) is 4.32. The quantitative estimate of drug-likeness (QED) is 0.884. The first-order valence-electron chi connectivity index (χ1n) is 7.00. The Hall–Kier alpha value is -1.22. The van der Waals surface area contributed by atoms with Gasteiger partial charge in [0.2, 0.25) is 0 Å². The van der Waals surface area contributed by atoms with Gasteiger partial charge in [-0.15, -0.1) is 0 Å². The topological polar surface area (TPSA) is 30.5 Å². The fourth-order valence-electron chi connectivity index (χ4n) is 3.16. The Labute approximate surface area is 107 Å². The molecule has 3 aliphatic rings. The van der Waals surface area contributed by atoms with Gasteiger partial charge in [-0.1, -0.05) is 0 Å². The van der Waals surface area contributed by atoms with Gasteiger partial charge in [0, 0.05) is 42.1 Å². The molecule has 1 aliphatic carbocycles. The number of benzene rings is 1. The highest BCUT2D eigenvalue weighted by atomic mass is 16.5. The minimum atomic E-state index is 0.737. The molecular weight excluding hydrogens is 226 g/mol. The van der Waals surface area contributed by atoms with Gasteiger partial charge in [0.25, 0.3) is 0 Å². The van der Waals surface area contributed by atoms with Crippen LogP contribution in [0.1, 0.15) is 35.1 Å². The highest BCUT2D eigenvalue weighted by molar-refractivity contribution is 5.61. The van der Waals surface area contributed by atoms with Crippen LogP contribution in [0, 0.1) is 6.92 Å². The van der Waals surface area contributed by atoms with Crippen LogP contribution in [0.2, 0.25) is 0 Å². The molecule has 0 unspecified atom stereocenters. The van der Waals surface area contributed by atoms with E-state index in [1.165, 1.54) is 35.1 Å². The van der Waals surface area contributed by atoms with E-state index in [-0.39, 0.29) is 0 Å². The van der Waals surface area contributed by atoms with Crippen LogP contribution in [-0.2, 0) is 19.4 Å². The first-order chi connectivity index (χ1) is 8.84. The number of hydrogen-bond acceptors (Lipinski definition) is 3. The predicted octanol–water partition coefficient (Wildman–Crippen LogP) is 2.12. The maximum Gasteiger partial charge on any atom is 0.127 e. The van der Waals surface area contributed by atoms with Crippen molar-refractivity contribution in [2.75, 3.05) is 13.2 Å². The fraction of sp³-hybridized carbons (Fsp3) is 0.600. The van der Waals surface area contributed by atoms with Gasteiger partial charge in [-0.2, -0.15) is 0 Å². The van der Waals surface area contributed by atoms with E-state index in [9.17, 15) is 0 Å². The lowest BCUT2D eigenvalue weighted by Crippen LogP contribution is -2.17. The molecule has 96 valence electrons. The van der Waals surface area contributed by atoms with Crippen molar-refractivity contribution in [1.29, 1.82) is 0 Å². The lowest BCUT2D eigenvalue weighted by molar-refractivity contribution is 0.351. The average molecular weight is 245 g/mol. The van der Waals surface area contributed by atoms with E-state index in [4.69, 9.17) is 9.47 Å². The van der Waals surface area contributed by atoms with Gasteiger partial charge in [-0.3, -0.25) is 0 Å². The molecule has 0 radical (unpaired) electrons. The van der Waals surface area contributed by atoms with Gasteiger partial charge in [-0.05, 0) is 25.3 Å². The van der Waals surface area contributed by atoms with Crippen molar-refractivity contribution >= 4 is 0 Å². The maximum atomic E-state index is 5.89. The normalized spacial score (nSPS) is 20.3. The SMILES string of the molecule is Cc1c2c(c(CNC3CC3)c3c1OCC3)OCC2. The molecule has 2 heterocycles. The van der Waals surface area contributed by atoms with Gasteiger partial charge >= 0.3 is 0 Å². The molecule has 3 heteroatoms. The lowest BCUT2D eigenvalue weighted by atomic mass is 9.95. The molecule has 1 saturated carbocycles. The van der Waals surface area contributed by atoms with Crippen molar-refractivity contribution in [3.05, 3.63) is 22.3 Å². The Morgan fingerprint density at radius 2 is 1.78 bits per heavy atom. The van der Waals surface area contributed by atoms with Crippen LogP contribution in [0.5, 0.6) is 11.5 Å². The van der Waals surface area contributed by atoms with Crippen LogP contribution >= 0.6 is 0 Å². The second-order valence-electron chi connectivity index (χ2n) is 5.57. The number of nitrogens with one attached hydrogen (secondary N) is 1. The molecule has 0 bridgehead atoms. The van der Waals surface area contributed by atoms with Crippen molar-refractivity contribution in [1.82, 2.24) is 5.32 Å². The summed E-state index contributed by atoms with van der Waals surface area (Å²) in [5.41, 5.74) is 5.45. The van der Waals surface area contributed by atoms with Crippen LogP contribution in [0.25, 0.3) is 0 Å². The first kappa shape index (κ1) is 10.7. The zero-order chi connectivity index (χ0) is 12.1. The molecule has 3 nitrogen and oxygen atoms in total. The van der Waals surface area contributed by atoms with Gasteiger partial charge in [0.1, 0.15) is 11.5 Å². The van der Waals surface area contributed by atoms with Gasteiger partial charge < -0.3 is 14.8 Å². The van der Waals surface area contributed by atoms with Crippen molar-refractivity contribution in [2.24, 2.45) is 0 Å². The Morgan fingerprint density at radius 3 is 2.56 bits per heavy atom. The van der Waals surface area contributed by atoms with Crippen molar-refractivity contribution < 1.29 is 9.47 Å². The van der Waals surface area contributed by atoms with Crippen LogP contribution in [0.4, 0.5) is 0 Å². The summed E-state index contributed by atoms with van der Waals surface area (Å²) >= 11 is 0. The second-order valence-corrected chi connectivity index (χ2v) is 5.57. The summed E-state index contributed by atoms with van der Waals surface area (Å²) in [6.45, 7) is 4.78. The van der Waals surface area contributed by atoms with Gasteiger partial charge in [0.15, 0.2) is 0 Å². The Balaban J connectivity index is 1.78. The minimum absolute atomic E-state index is 0.737. The number of rotatable bonds is 3. The van der Waals surface area contributed by atoms with E-state index in [1.807, 2.05) is 0 Å². The summed E-state index contributed by atoms with van der Waals surface area (Å²) in [4.78, 5) is 0. The number of ether oxygens (including phenoxy) is 2. The average Bonchev–Trinajstić information content (AvgIpc) is 2.90. The van der Waals surface area contributed by atoms with E-state index in [2.05, 4.69) is 12.2 Å². The van der Waals surface area contributed by atoms with Crippen molar-refractivity contribution in [2.45, 2.75) is 45.2 Å². The van der Waals surface area contributed by atoms with Crippen LogP contribution in [0.15, 0.2) is 0 Å². The standard InChI is InChI=1S/C15H19NO2/c1-9-11-4-6-18-15(11)13(8-16-10-2-3-10)12-5-7-17-14(9)12/h10,16H,2-8H2,1H3. The lowest BCUT2D eigenvalue weighted by Gasteiger charge is -2.16. The molecule has 0 saturated heterocycles. The maximum absolute atomic E-state index is 5.89. The van der Waals surface area contributed by atoms with E-state index in [0.717, 1.165) is 50.1 Å². The van der Waals surface area contributed by atoms with E-state index in [1.54, 1.807) is 0 Å². The summed E-state index contributed by atoms with van der Waals surface area (Å²) in [6.07, 6.45) is 4.73. The summed E-state index contributed by atoms with van der Waals surface area (Å²) < 4.78 is 11.7. The molecule has 0 aromatic heterocycles. The molecule has 0 spiro atoms. The monoisotopic (exact) mass is 245 g/mol. The van der Waals surface area contributed by atoms with Crippen LogP contribution in [-0.4, -0.2) is 19.3 Å². The van der Waals surface area contributed by atoms with Crippen LogP contribution < -0.4 is 14.8 Å². The largest absolute Gasteiger partial charge is 0.493 e. The van der Waals surface area contributed by atoms with Crippen molar-refractivity contribution in [3.63, 3.8) is 0 Å².